The van der Waals surface area contributed by atoms with E-state index in [1.807, 2.05) is 0 Å². The molecule has 0 saturated heterocycles. The van der Waals surface area contributed by atoms with Gasteiger partial charge in [-0.15, -0.1) is 0 Å². The van der Waals surface area contributed by atoms with Crippen LogP contribution in [0.3, 0.4) is 0 Å². The molecule has 3 heteroatoms. The number of rotatable bonds is 6. The van der Waals surface area contributed by atoms with Gasteiger partial charge in [0.1, 0.15) is 0 Å². The second-order valence-corrected chi connectivity index (χ2v) is 13.4. The van der Waals surface area contributed by atoms with Gasteiger partial charge in [0.15, 0.2) is 0 Å². The van der Waals surface area contributed by atoms with Crippen LogP contribution in [-0.2, 0) is 29.1 Å². The Labute approximate surface area is 210 Å². The number of anilines is 1. The molecule has 0 amide bonds. The monoisotopic (exact) mass is 469 g/mol. The minimum atomic E-state index is -0.0810. The number of benzene rings is 2. The predicted molar refractivity (Wildman–Crippen MR) is 149 cm³/mol. The highest BCUT2D eigenvalue weighted by molar-refractivity contribution is 5.46. The Morgan fingerprint density at radius 3 is 1.21 bits per heavy atom. The topological polar surface area (TPSA) is 30.5 Å². The number of nitrogens with one attached hydrogen (secondary N) is 1. The van der Waals surface area contributed by atoms with Crippen LogP contribution in [0.5, 0.6) is 0 Å². The normalized spacial score (nSPS) is 12.7. The molecule has 0 heterocycles. The maximum absolute atomic E-state index is 5.76. The molecule has 0 spiro atoms. The van der Waals surface area contributed by atoms with Gasteiger partial charge in [-0.3, -0.25) is 0 Å². The van der Waals surface area contributed by atoms with Gasteiger partial charge in [0.2, 0.25) is 0 Å². The van der Waals surface area contributed by atoms with E-state index in [4.69, 9.17) is 9.47 Å². The van der Waals surface area contributed by atoms with Crippen LogP contribution in [0.25, 0.3) is 0 Å². The Kier molecular flexibility index (Phi) is 10.9. The summed E-state index contributed by atoms with van der Waals surface area (Å²) in [5, 5.41) is 3.44. The molecule has 0 unspecified atom stereocenters. The molecular weight excluding hydrogens is 418 g/mol. The van der Waals surface area contributed by atoms with E-state index in [2.05, 4.69) is 137 Å². The summed E-state index contributed by atoms with van der Waals surface area (Å²) in [5.41, 5.74) is 5.31. The van der Waals surface area contributed by atoms with Crippen LogP contribution in [0.1, 0.15) is 99.8 Å². The Hall–Kier alpha value is -1.84. The summed E-state index contributed by atoms with van der Waals surface area (Å²) >= 11 is 0. The minimum Gasteiger partial charge on any atom is -0.380 e. The third-order valence-corrected chi connectivity index (χ3v) is 4.57. The summed E-state index contributed by atoms with van der Waals surface area (Å²) < 4.78 is 11.5. The average molecular weight is 470 g/mol. The molecule has 0 atom stereocenters. The van der Waals surface area contributed by atoms with Crippen LogP contribution >= 0.6 is 0 Å². The van der Waals surface area contributed by atoms with Crippen LogP contribution in [0, 0.1) is 5.41 Å². The molecule has 0 aromatic heterocycles. The van der Waals surface area contributed by atoms with Gasteiger partial charge >= 0.3 is 0 Å². The maximum Gasteiger partial charge on any atom is 0.0724 e. The number of ether oxygens (including phenoxy) is 2. The highest BCUT2D eigenvalue weighted by Gasteiger charge is 2.13. The van der Waals surface area contributed by atoms with Gasteiger partial charge in [0.25, 0.3) is 0 Å². The van der Waals surface area contributed by atoms with Gasteiger partial charge in [-0.2, -0.15) is 0 Å². The van der Waals surface area contributed by atoms with Gasteiger partial charge in [0, 0.05) is 11.2 Å². The van der Waals surface area contributed by atoms with Crippen molar-refractivity contribution < 1.29 is 9.47 Å². The van der Waals surface area contributed by atoms with Crippen LogP contribution < -0.4 is 5.32 Å². The first-order valence-electron chi connectivity index (χ1n) is 12.5. The predicted octanol–water partition coefficient (Wildman–Crippen LogP) is 8.80. The first-order chi connectivity index (χ1) is 15.3. The molecule has 0 bridgehead atoms. The fourth-order valence-electron chi connectivity index (χ4n) is 3.08. The third kappa shape index (κ3) is 15.9. The molecule has 1 N–H and O–H groups in total. The van der Waals surface area contributed by atoms with Crippen molar-refractivity contribution in [3.63, 3.8) is 0 Å². The molecule has 34 heavy (non-hydrogen) atoms. The van der Waals surface area contributed by atoms with Gasteiger partial charge < -0.3 is 14.8 Å². The minimum absolute atomic E-state index is 0.0654. The fraction of sp³-hybridized carbons (Fsp3) is 0.613. The van der Waals surface area contributed by atoms with E-state index in [-0.39, 0.29) is 16.7 Å². The molecule has 3 nitrogen and oxygen atoms in total. The second kappa shape index (κ2) is 12.2. The maximum atomic E-state index is 5.76. The lowest BCUT2D eigenvalue weighted by Crippen LogP contribution is -2.25. The zero-order valence-corrected chi connectivity index (χ0v) is 24.1. The summed E-state index contributed by atoms with van der Waals surface area (Å²) in [6.07, 6.45) is 1.12. The summed E-state index contributed by atoms with van der Waals surface area (Å²) in [6, 6.07) is 17.2. The molecule has 192 valence electrons. The SMILES string of the molecule is CC(C)(C)Cc1ccc(COC(C)(C)C)cc1.CC(C)(C)Nc1ccc(COC(C)(C)C)cc1. The van der Waals surface area contributed by atoms with Crippen LogP contribution in [0.15, 0.2) is 48.5 Å². The smallest absolute Gasteiger partial charge is 0.0724 e. The van der Waals surface area contributed by atoms with Crippen molar-refractivity contribution in [1.82, 2.24) is 0 Å². The molecule has 2 aromatic rings. The van der Waals surface area contributed by atoms with Crippen molar-refractivity contribution in [1.29, 1.82) is 0 Å². The summed E-state index contributed by atoms with van der Waals surface area (Å²) in [5.74, 6) is 0. The quantitative estimate of drug-likeness (QED) is 0.458. The van der Waals surface area contributed by atoms with E-state index < -0.39 is 0 Å². The average Bonchev–Trinajstić information content (AvgIpc) is 2.64. The van der Waals surface area contributed by atoms with E-state index in [9.17, 15) is 0 Å². The Morgan fingerprint density at radius 1 is 0.529 bits per heavy atom. The van der Waals surface area contributed by atoms with E-state index in [0.717, 1.165) is 12.1 Å². The standard InChI is InChI=1S/C16H26O.C15H25NO/c1-15(2,3)11-13-7-9-14(10-8-13)12-17-16(4,5)6;1-14(2,3)16-13-9-7-12(8-10-13)11-17-15(4,5)6/h7-10H,11-12H2,1-6H3;7-10,16H,11H2,1-6H3. The van der Waals surface area contributed by atoms with Crippen molar-refractivity contribution in [3.8, 4) is 0 Å². The summed E-state index contributed by atoms with van der Waals surface area (Å²) in [4.78, 5) is 0. The van der Waals surface area contributed by atoms with E-state index in [1.165, 1.54) is 16.7 Å². The highest BCUT2D eigenvalue weighted by atomic mass is 16.5. The third-order valence-electron chi connectivity index (χ3n) is 4.57. The summed E-state index contributed by atoms with van der Waals surface area (Å²) in [7, 11) is 0. The molecule has 0 aliphatic rings. The lowest BCUT2D eigenvalue weighted by atomic mass is 9.88. The van der Waals surface area contributed by atoms with Crippen LogP contribution in [0.2, 0.25) is 0 Å². The van der Waals surface area contributed by atoms with Crippen molar-refractivity contribution in [2.45, 2.75) is 119 Å². The van der Waals surface area contributed by atoms with Crippen molar-refractivity contribution in [2.75, 3.05) is 5.32 Å². The Bertz CT molecular complexity index is 750. The lowest BCUT2D eigenvalue weighted by molar-refractivity contribution is -0.0152. The van der Waals surface area contributed by atoms with Crippen molar-refractivity contribution >= 4 is 5.69 Å². The molecule has 0 fully saturated rings. The Balaban J connectivity index is 0.000000340. The number of hydrogen-bond donors (Lipinski definition) is 1. The molecule has 2 rings (SSSR count). The van der Waals surface area contributed by atoms with Gasteiger partial charge in [-0.1, -0.05) is 57.2 Å². The first-order valence-corrected chi connectivity index (χ1v) is 12.5. The van der Waals surface area contributed by atoms with Crippen molar-refractivity contribution in [3.05, 3.63) is 65.2 Å². The molecular formula is C31H51NO2. The Morgan fingerprint density at radius 2 is 0.882 bits per heavy atom. The summed E-state index contributed by atoms with van der Waals surface area (Å²) in [6.45, 7) is 27.1. The lowest BCUT2D eigenvalue weighted by Gasteiger charge is -2.22. The van der Waals surface area contributed by atoms with Crippen LogP contribution in [0.4, 0.5) is 5.69 Å². The molecule has 2 aromatic carbocycles. The zero-order chi connectivity index (χ0) is 26.2. The largest absolute Gasteiger partial charge is 0.380 e. The molecule has 0 aliphatic carbocycles. The molecule has 0 radical (unpaired) electrons. The van der Waals surface area contributed by atoms with Gasteiger partial charge in [-0.25, -0.2) is 0 Å². The molecule has 0 aliphatic heterocycles. The zero-order valence-electron chi connectivity index (χ0n) is 24.1. The first kappa shape index (κ1) is 30.2. The van der Waals surface area contributed by atoms with Gasteiger partial charge in [0.05, 0.1) is 24.4 Å². The van der Waals surface area contributed by atoms with E-state index in [0.29, 0.717) is 18.6 Å². The highest BCUT2D eigenvalue weighted by Crippen LogP contribution is 2.21. The second-order valence-electron chi connectivity index (χ2n) is 13.4. The van der Waals surface area contributed by atoms with Crippen LogP contribution in [-0.4, -0.2) is 16.7 Å². The fourth-order valence-corrected chi connectivity index (χ4v) is 3.08. The molecule has 0 saturated carbocycles. The van der Waals surface area contributed by atoms with E-state index >= 15 is 0 Å². The van der Waals surface area contributed by atoms with Crippen molar-refractivity contribution in [2.24, 2.45) is 5.41 Å². The number of hydrogen-bond acceptors (Lipinski definition) is 3. The van der Waals surface area contributed by atoms with Gasteiger partial charge in [-0.05, 0) is 103 Å². The van der Waals surface area contributed by atoms with E-state index in [1.54, 1.807) is 0 Å².